The van der Waals surface area contributed by atoms with E-state index in [2.05, 4.69) is 33.5 Å². The van der Waals surface area contributed by atoms with Crippen molar-refractivity contribution in [3.8, 4) is 0 Å². The second-order valence-corrected chi connectivity index (χ2v) is 12.9. The van der Waals surface area contributed by atoms with Gasteiger partial charge in [0.1, 0.15) is 0 Å². The third-order valence-corrected chi connectivity index (χ3v) is 5.72. The Labute approximate surface area is 149 Å². The van der Waals surface area contributed by atoms with Crippen molar-refractivity contribution in [1.29, 1.82) is 0 Å². The van der Waals surface area contributed by atoms with Crippen molar-refractivity contribution in [1.82, 2.24) is 0 Å². The quantitative estimate of drug-likeness (QED) is 0.192. The summed E-state index contributed by atoms with van der Waals surface area (Å²) in [4.78, 5) is 0. The summed E-state index contributed by atoms with van der Waals surface area (Å²) in [7, 11) is -1.35. The summed E-state index contributed by atoms with van der Waals surface area (Å²) in [5.74, 6) is 0.819. The van der Waals surface area contributed by atoms with Crippen LogP contribution < -0.4 is 0 Å². The van der Waals surface area contributed by atoms with Gasteiger partial charge in [0.25, 0.3) is 0 Å². The molecule has 0 saturated heterocycles. The molecule has 0 saturated carbocycles. The molecule has 0 unspecified atom stereocenters. The van der Waals surface area contributed by atoms with Gasteiger partial charge in [-0.05, 0) is 38.4 Å². The summed E-state index contributed by atoms with van der Waals surface area (Å²) in [6, 6.07) is 0. The van der Waals surface area contributed by atoms with Crippen molar-refractivity contribution in [2.24, 2.45) is 5.92 Å². The fourth-order valence-electron chi connectivity index (χ4n) is 3.11. The molecule has 0 aliphatic rings. The third kappa shape index (κ3) is 18.4. The zero-order valence-corrected chi connectivity index (χ0v) is 18.1. The fraction of sp³-hybridized carbons (Fsp3) is 1.00. The van der Waals surface area contributed by atoms with Crippen LogP contribution in [0.1, 0.15) is 104 Å². The summed E-state index contributed by atoms with van der Waals surface area (Å²) in [5.41, 5.74) is 0. The van der Waals surface area contributed by atoms with E-state index in [4.69, 9.17) is 4.43 Å². The van der Waals surface area contributed by atoms with E-state index in [0.29, 0.717) is 0 Å². The van der Waals surface area contributed by atoms with E-state index in [1.165, 1.54) is 89.9 Å². The molecule has 0 N–H and O–H groups in total. The average molecular weight is 343 g/mol. The maximum Gasteiger partial charge on any atom is 0.183 e. The summed E-state index contributed by atoms with van der Waals surface area (Å²) >= 11 is 0. The van der Waals surface area contributed by atoms with E-state index in [1.807, 2.05) is 0 Å². The van der Waals surface area contributed by atoms with Gasteiger partial charge in [-0.25, -0.2) is 0 Å². The largest absolute Gasteiger partial charge is 0.417 e. The Morgan fingerprint density at radius 2 is 1.00 bits per heavy atom. The predicted molar refractivity (Wildman–Crippen MR) is 109 cm³/mol. The van der Waals surface area contributed by atoms with E-state index in [9.17, 15) is 0 Å². The molecule has 0 aromatic rings. The van der Waals surface area contributed by atoms with Crippen LogP contribution in [0, 0.1) is 5.92 Å². The minimum atomic E-state index is -1.35. The number of hydrogen-bond donors (Lipinski definition) is 0. The summed E-state index contributed by atoms with van der Waals surface area (Å²) in [6.07, 6.45) is 19.8. The smallest absolute Gasteiger partial charge is 0.183 e. The number of hydrogen-bond acceptors (Lipinski definition) is 1. The highest BCUT2D eigenvalue weighted by Gasteiger charge is 2.17. The van der Waals surface area contributed by atoms with Gasteiger partial charge in [-0.15, -0.1) is 0 Å². The molecule has 0 amide bonds. The lowest BCUT2D eigenvalue weighted by molar-refractivity contribution is 0.218. The highest BCUT2D eigenvalue weighted by molar-refractivity contribution is 6.69. The topological polar surface area (TPSA) is 9.23 Å². The van der Waals surface area contributed by atoms with Crippen LogP contribution in [0.4, 0.5) is 0 Å². The molecule has 140 valence electrons. The molecular formula is C21H46OSi. The van der Waals surface area contributed by atoms with Crippen LogP contribution in [-0.4, -0.2) is 14.9 Å². The Morgan fingerprint density at radius 3 is 1.39 bits per heavy atom. The first kappa shape index (κ1) is 23.2. The second-order valence-electron chi connectivity index (χ2n) is 8.40. The molecule has 0 aliphatic carbocycles. The molecule has 0 aromatic carbocycles. The Kier molecular flexibility index (Phi) is 15.8. The molecule has 0 aliphatic heterocycles. The Morgan fingerprint density at radius 1 is 0.609 bits per heavy atom. The van der Waals surface area contributed by atoms with E-state index in [-0.39, 0.29) is 0 Å². The van der Waals surface area contributed by atoms with Gasteiger partial charge in [-0.1, -0.05) is 90.9 Å². The Hall–Kier alpha value is 0.177. The highest BCUT2D eigenvalue weighted by atomic mass is 28.4. The maximum absolute atomic E-state index is 6.22. The average Bonchev–Trinajstić information content (AvgIpc) is 2.49. The Balaban J connectivity index is 3.84. The van der Waals surface area contributed by atoms with Crippen LogP contribution in [0.15, 0.2) is 0 Å². The molecular weight excluding hydrogens is 296 g/mol. The number of rotatable bonds is 17. The molecule has 0 heterocycles. The molecule has 0 aromatic heterocycles. The van der Waals surface area contributed by atoms with Crippen molar-refractivity contribution >= 4 is 8.32 Å². The zero-order valence-electron chi connectivity index (χ0n) is 17.1. The molecule has 0 atom stereocenters. The maximum atomic E-state index is 6.22. The minimum absolute atomic E-state index is 0.819. The number of unbranched alkanes of at least 4 members (excludes halogenated alkanes) is 10. The normalized spacial score (nSPS) is 12.3. The van der Waals surface area contributed by atoms with Crippen LogP contribution in [-0.2, 0) is 4.43 Å². The van der Waals surface area contributed by atoms with Crippen molar-refractivity contribution < 1.29 is 4.43 Å². The van der Waals surface area contributed by atoms with Gasteiger partial charge < -0.3 is 4.43 Å². The molecule has 0 spiro atoms. The van der Waals surface area contributed by atoms with Gasteiger partial charge in [0.2, 0.25) is 0 Å². The standard InChI is InChI=1S/C21H46OSi/c1-6-8-10-12-14-16-18-21(20-22-23(3,4)5)19-17-15-13-11-9-7-2/h21H,6-20H2,1-5H3. The van der Waals surface area contributed by atoms with Crippen LogP contribution in [0.2, 0.25) is 19.6 Å². The molecule has 0 rings (SSSR count). The van der Waals surface area contributed by atoms with E-state index >= 15 is 0 Å². The van der Waals surface area contributed by atoms with E-state index in [0.717, 1.165) is 12.5 Å². The molecule has 23 heavy (non-hydrogen) atoms. The second kappa shape index (κ2) is 15.7. The van der Waals surface area contributed by atoms with Gasteiger partial charge in [-0.2, -0.15) is 0 Å². The molecule has 0 fully saturated rings. The first-order valence-electron chi connectivity index (χ1n) is 10.6. The van der Waals surface area contributed by atoms with Crippen molar-refractivity contribution in [3.63, 3.8) is 0 Å². The summed E-state index contributed by atoms with van der Waals surface area (Å²) in [6.45, 7) is 12.6. The van der Waals surface area contributed by atoms with Gasteiger partial charge in [0, 0.05) is 6.61 Å². The van der Waals surface area contributed by atoms with Gasteiger partial charge in [-0.3, -0.25) is 0 Å². The van der Waals surface area contributed by atoms with E-state index in [1.54, 1.807) is 0 Å². The van der Waals surface area contributed by atoms with Gasteiger partial charge in [0.05, 0.1) is 0 Å². The minimum Gasteiger partial charge on any atom is -0.417 e. The first-order chi connectivity index (χ1) is 11.0. The zero-order chi connectivity index (χ0) is 17.4. The Bertz CT molecular complexity index is 218. The lowest BCUT2D eigenvalue weighted by Gasteiger charge is -2.23. The van der Waals surface area contributed by atoms with Crippen molar-refractivity contribution in [2.75, 3.05) is 6.61 Å². The lowest BCUT2D eigenvalue weighted by Crippen LogP contribution is -2.28. The molecule has 0 radical (unpaired) electrons. The predicted octanol–water partition coefficient (Wildman–Crippen LogP) is 7.96. The van der Waals surface area contributed by atoms with Gasteiger partial charge >= 0.3 is 0 Å². The van der Waals surface area contributed by atoms with Crippen molar-refractivity contribution in [3.05, 3.63) is 0 Å². The molecule has 2 heteroatoms. The summed E-state index contributed by atoms with van der Waals surface area (Å²) in [5, 5.41) is 0. The molecule has 1 nitrogen and oxygen atoms in total. The van der Waals surface area contributed by atoms with Crippen LogP contribution in [0.5, 0.6) is 0 Å². The third-order valence-electron chi connectivity index (χ3n) is 4.68. The highest BCUT2D eigenvalue weighted by Crippen LogP contribution is 2.21. The fourth-order valence-corrected chi connectivity index (χ4v) is 3.84. The van der Waals surface area contributed by atoms with E-state index < -0.39 is 8.32 Å². The van der Waals surface area contributed by atoms with Crippen LogP contribution in [0.3, 0.4) is 0 Å². The lowest BCUT2D eigenvalue weighted by atomic mass is 9.95. The van der Waals surface area contributed by atoms with Gasteiger partial charge in [0.15, 0.2) is 8.32 Å². The molecule has 0 bridgehead atoms. The van der Waals surface area contributed by atoms with Crippen LogP contribution >= 0.6 is 0 Å². The van der Waals surface area contributed by atoms with Crippen molar-refractivity contribution in [2.45, 2.75) is 123 Å². The summed E-state index contributed by atoms with van der Waals surface area (Å²) < 4.78 is 6.22. The SMILES string of the molecule is CCCCCCCCC(CCCCCCCC)CO[Si](C)(C)C. The first-order valence-corrected chi connectivity index (χ1v) is 14.0. The monoisotopic (exact) mass is 342 g/mol. The van der Waals surface area contributed by atoms with Crippen LogP contribution in [0.25, 0.3) is 0 Å².